The number of hydrogen-bond donors (Lipinski definition) is 0. The van der Waals surface area contributed by atoms with Crippen molar-refractivity contribution >= 4 is 52.5 Å². The minimum atomic E-state index is -0.200. The number of fused-ring (bicyclic) bond motifs is 7. The number of piperazine rings is 1. The summed E-state index contributed by atoms with van der Waals surface area (Å²) in [6.07, 6.45) is 12.4. The number of para-hydroxylation sites is 1. The zero-order chi connectivity index (χ0) is 38.7. The fourth-order valence-corrected chi connectivity index (χ4v) is 12.2. The van der Waals surface area contributed by atoms with Crippen LogP contribution in [0.4, 0.5) is 11.4 Å². The second kappa shape index (κ2) is 17.3. The van der Waals surface area contributed by atoms with E-state index in [9.17, 15) is 14.4 Å². The van der Waals surface area contributed by atoms with Crippen LogP contribution in [0.2, 0.25) is 5.02 Å². The van der Waals surface area contributed by atoms with E-state index in [1.807, 2.05) is 30.8 Å². The second-order valence-electron chi connectivity index (χ2n) is 17.1. The summed E-state index contributed by atoms with van der Waals surface area (Å²) in [5, 5.41) is 0.781. The predicted octanol–water partition coefficient (Wildman–Crippen LogP) is 9.35. The van der Waals surface area contributed by atoms with Gasteiger partial charge in [-0.1, -0.05) is 61.8 Å². The number of allylic oxidation sites excluding steroid dienone is 1. The summed E-state index contributed by atoms with van der Waals surface area (Å²) < 4.78 is 10.9. The Morgan fingerprint density at radius 1 is 0.873 bits per heavy atom. The first-order chi connectivity index (χ1) is 26.5. The van der Waals surface area contributed by atoms with Crippen LogP contribution in [0.5, 0.6) is 0 Å². The maximum atomic E-state index is 11.9. The van der Waals surface area contributed by atoms with Crippen LogP contribution in [0, 0.1) is 28.6 Å². The van der Waals surface area contributed by atoms with Crippen molar-refractivity contribution < 1.29 is 23.9 Å². The lowest BCUT2D eigenvalue weighted by molar-refractivity contribution is -0.159. The molecule has 4 aliphatic carbocycles. The van der Waals surface area contributed by atoms with Gasteiger partial charge in [-0.25, -0.2) is 0 Å². The van der Waals surface area contributed by atoms with Crippen molar-refractivity contribution in [2.24, 2.45) is 28.6 Å². The van der Waals surface area contributed by atoms with Gasteiger partial charge in [0, 0.05) is 79.3 Å². The number of hydrogen-bond acceptors (Lipinski definition) is 9. The van der Waals surface area contributed by atoms with Crippen LogP contribution in [-0.2, 0) is 23.9 Å². The van der Waals surface area contributed by atoms with Crippen LogP contribution >= 0.6 is 23.4 Å². The molecule has 0 radical (unpaired) electrons. The molecule has 0 unspecified atom stereocenters. The van der Waals surface area contributed by atoms with E-state index in [1.165, 1.54) is 52.9 Å². The average Bonchev–Trinajstić information content (AvgIpc) is 3.51. The molecule has 2 aliphatic heterocycles. The number of rotatable bonds is 9. The van der Waals surface area contributed by atoms with Crippen molar-refractivity contribution in [1.82, 2.24) is 9.80 Å². The number of carbonyl (C=O) groups is 3. The normalized spacial score (nSPS) is 30.0. The lowest BCUT2D eigenvalue weighted by atomic mass is 9.47. The second-order valence-corrected chi connectivity index (χ2v) is 18.7. The molecule has 4 fully saturated rings. The Morgan fingerprint density at radius 3 is 2.38 bits per heavy atom. The molecule has 6 atom stereocenters. The highest BCUT2D eigenvalue weighted by Gasteiger charge is 2.60. The van der Waals surface area contributed by atoms with Gasteiger partial charge in [-0.05, 0) is 117 Å². The Bertz CT molecular complexity index is 1760. The highest BCUT2D eigenvalue weighted by atomic mass is 35.5. The molecule has 0 aromatic heterocycles. The molecule has 0 N–H and O–H groups in total. The van der Waals surface area contributed by atoms with Crippen molar-refractivity contribution in [1.29, 1.82) is 0 Å². The van der Waals surface area contributed by atoms with Gasteiger partial charge in [-0.15, -0.1) is 0 Å². The summed E-state index contributed by atoms with van der Waals surface area (Å²) >= 11 is 8.13. The Kier molecular flexibility index (Phi) is 12.7. The number of benzene rings is 2. The molecule has 2 heterocycles. The number of ketones is 1. The predicted molar refractivity (Wildman–Crippen MR) is 220 cm³/mol. The van der Waals surface area contributed by atoms with Gasteiger partial charge in [0.1, 0.15) is 12.7 Å². The minimum Gasteiger partial charge on any atom is -0.465 e. The van der Waals surface area contributed by atoms with E-state index in [-0.39, 0.29) is 28.9 Å². The van der Waals surface area contributed by atoms with E-state index in [1.54, 1.807) is 0 Å². The van der Waals surface area contributed by atoms with Crippen LogP contribution in [0.15, 0.2) is 63.9 Å². The van der Waals surface area contributed by atoms with Crippen LogP contribution in [0.3, 0.4) is 0 Å². The highest BCUT2D eigenvalue weighted by molar-refractivity contribution is 7.99. The van der Waals surface area contributed by atoms with Gasteiger partial charge in [0.05, 0.1) is 11.4 Å². The summed E-state index contributed by atoms with van der Waals surface area (Å²) in [4.78, 5) is 44.6. The van der Waals surface area contributed by atoms with Gasteiger partial charge in [0.25, 0.3) is 0 Å². The monoisotopic (exact) mass is 789 g/mol. The van der Waals surface area contributed by atoms with Crippen LogP contribution < -0.4 is 4.90 Å². The van der Waals surface area contributed by atoms with Gasteiger partial charge in [0.2, 0.25) is 0 Å². The highest BCUT2D eigenvalue weighted by Crippen LogP contribution is 2.65. The molecule has 3 saturated carbocycles. The summed E-state index contributed by atoms with van der Waals surface area (Å²) in [5.41, 5.74) is 4.30. The van der Waals surface area contributed by atoms with Crippen molar-refractivity contribution in [3.8, 4) is 0 Å². The van der Waals surface area contributed by atoms with Crippen molar-refractivity contribution in [3.63, 3.8) is 0 Å². The topological polar surface area (TPSA) is 79.4 Å². The SMILES string of the molecule is CC(=O)OCCN1CCN(CCCN2c3ccccc3Sc3ccc(Cl)cc32)CC1.CCC(=O)O[C@H]1CC[C@H]2[C@@H]3CCC4=CC(=O)CC[C@]4(C)[C@H]3CC[C@]12C. The Hall–Kier alpha value is -2.85. The third-order valence-electron chi connectivity index (χ3n) is 14.1. The number of nitrogens with zero attached hydrogens (tertiary/aromatic N) is 3. The lowest BCUT2D eigenvalue weighted by Gasteiger charge is -2.57. The third-order valence-corrected chi connectivity index (χ3v) is 15.4. The van der Waals surface area contributed by atoms with Crippen molar-refractivity contribution in [2.45, 2.75) is 108 Å². The van der Waals surface area contributed by atoms with E-state index in [4.69, 9.17) is 21.1 Å². The van der Waals surface area contributed by atoms with E-state index in [0.717, 1.165) is 95.3 Å². The molecule has 55 heavy (non-hydrogen) atoms. The molecular weight excluding hydrogens is 730 g/mol. The summed E-state index contributed by atoms with van der Waals surface area (Å²) in [5.74, 6) is 2.21. The molecular formula is C45H60ClN3O5S. The largest absolute Gasteiger partial charge is 0.465 e. The maximum Gasteiger partial charge on any atom is 0.305 e. The third kappa shape index (κ3) is 8.70. The number of halogens is 1. The van der Waals surface area contributed by atoms with Gasteiger partial charge in [-0.3, -0.25) is 19.3 Å². The standard InChI is InChI=1S/C23H28ClN3O2S.C22H32O3/c1-18(28)29-16-15-26-13-11-25(12-14-26)9-4-10-27-20-5-2-3-6-22(20)30-23-8-7-19(24)17-21(23)27;1-4-20(24)25-19-8-7-17-16-6-5-14-13-15(23)9-11-21(14,2)18(16)10-12-22(17,19)3/h2-3,5-8,17H,4,9-16H2,1H3;13,16-19H,4-12H2,1-3H3/t;16-,17-,18-,19-,21-,22-/m.0/s1. The Morgan fingerprint density at radius 2 is 1.62 bits per heavy atom. The van der Waals surface area contributed by atoms with E-state index in [0.29, 0.717) is 30.6 Å². The molecule has 0 bridgehead atoms. The fourth-order valence-electron chi connectivity index (χ4n) is 11.0. The molecule has 2 aromatic rings. The minimum absolute atomic E-state index is 0.0411. The molecule has 6 aliphatic rings. The first-order valence-corrected chi connectivity index (χ1v) is 22.0. The zero-order valence-corrected chi connectivity index (χ0v) is 34.9. The number of ether oxygens (including phenoxy) is 2. The fraction of sp³-hybridized carbons (Fsp3) is 0.622. The number of carbonyl (C=O) groups excluding carboxylic acids is 3. The smallest absolute Gasteiger partial charge is 0.305 e. The van der Waals surface area contributed by atoms with Gasteiger partial charge < -0.3 is 19.3 Å². The molecule has 1 saturated heterocycles. The first-order valence-electron chi connectivity index (χ1n) is 20.8. The molecule has 0 amide bonds. The van der Waals surface area contributed by atoms with Crippen LogP contribution in [0.25, 0.3) is 0 Å². The Labute approximate surface area is 337 Å². The number of esters is 2. The van der Waals surface area contributed by atoms with Gasteiger partial charge in [0.15, 0.2) is 5.78 Å². The first kappa shape index (κ1) is 40.4. The molecule has 2 aromatic carbocycles. The van der Waals surface area contributed by atoms with Crippen LogP contribution in [0.1, 0.15) is 91.9 Å². The molecule has 10 heteroatoms. The lowest BCUT2D eigenvalue weighted by Crippen LogP contribution is -2.51. The summed E-state index contributed by atoms with van der Waals surface area (Å²) in [7, 11) is 0. The van der Waals surface area contributed by atoms with E-state index < -0.39 is 0 Å². The van der Waals surface area contributed by atoms with E-state index >= 15 is 0 Å². The average molecular weight is 791 g/mol. The summed E-state index contributed by atoms with van der Waals surface area (Å²) in [6.45, 7) is 15.7. The summed E-state index contributed by atoms with van der Waals surface area (Å²) in [6, 6.07) is 14.8. The number of anilines is 2. The quantitative estimate of drug-likeness (QED) is 0.231. The van der Waals surface area contributed by atoms with Crippen molar-refractivity contribution in [2.75, 3.05) is 57.3 Å². The Balaban J connectivity index is 0.000000172. The molecule has 0 spiro atoms. The zero-order valence-electron chi connectivity index (χ0n) is 33.3. The molecule has 298 valence electrons. The molecule has 8 nitrogen and oxygen atoms in total. The van der Waals surface area contributed by atoms with Gasteiger partial charge >= 0.3 is 11.9 Å². The van der Waals surface area contributed by atoms with Crippen molar-refractivity contribution in [3.05, 3.63) is 59.1 Å². The molecule has 8 rings (SSSR count). The van der Waals surface area contributed by atoms with E-state index in [2.05, 4.69) is 64.9 Å². The van der Waals surface area contributed by atoms with Crippen LogP contribution in [-0.4, -0.2) is 86.0 Å². The van der Waals surface area contributed by atoms with Gasteiger partial charge in [-0.2, -0.15) is 0 Å². The maximum absolute atomic E-state index is 11.9.